The molecule has 0 aliphatic carbocycles. The maximum Gasteiger partial charge on any atom is 0.416 e. The highest BCUT2D eigenvalue weighted by Crippen LogP contribution is 2.34. The summed E-state index contributed by atoms with van der Waals surface area (Å²) in [6.45, 7) is -0.487. The van der Waals surface area contributed by atoms with Gasteiger partial charge in [0.1, 0.15) is 6.54 Å². The van der Waals surface area contributed by atoms with Crippen LogP contribution in [-0.4, -0.2) is 28.5 Å². The van der Waals surface area contributed by atoms with E-state index in [1.165, 1.54) is 18.2 Å². The Kier molecular flexibility index (Phi) is 5.55. The normalized spacial score (nSPS) is 16.0. The van der Waals surface area contributed by atoms with Crippen molar-refractivity contribution in [3.05, 3.63) is 70.6 Å². The Labute approximate surface area is 162 Å². The lowest BCUT2D eigenvalue weighted by molar-refractivity contribution is -0.137. The molecule has 0 saturated carbocycles. The minimum Gasteiger partial charge on any atom is -0.325 e. The van der Waals surface area contributed by atoms with E-state index >= 15 is 0 Å². The zero-order valence-corrected chi connectivity index (χ0v) is 15.0. The van der Waals surface area contributed by atoms with Crippen molar-refractivity contribution in [2.75, 3.05) is 11.9 Å². The van der Waals surface area contributed by atoms with Crippen LogP contribution in [0.4, 0.5) is 23.7 Å². The van der Waals surface area contributed by atoms with E-state index in [2.05, 4.69) is 5.32 Å². The van der Waals surface area contributed by atoms with Crippen LogP contribution in [0.2, 0.25) is 0 Å². The third-order valence-electron chi connectivity index (χ3n) is 3.74. The van der Waals surface area contributed by atoms with Crippen LogP contribution in [-0.2, 0) is 15.8 Å². The first-order valence-corrected chi connectivity index (χ1v) is 8.83. The number of alkyl halides is 3. The van der Waals surface area contributed by atoms with Gasteiger partial charge in [0.05, 0.1) is 10.5 Å². The molecule has 144 valence electrons. The van der Waals surface area contributed by atoms with Crippen molar-refractivity contribution < 1.29 is 27.6 Å². The number of carbonyl (C=O) groups is 3. The number of thioether (sulfide) groups is 1. The molecular formula is C19H13F3N2O3S. The molecule has 0 bridgehead atoms. The Morgan fingerprint density at radius 3 is 2.46 bits per heavy atom. The Hall–Kier alpha value is -3.07. The highest BCUT2D eigenvalue weighted by atomic mass is 32.2. The van der Waals surface area contributed by atoms with Crippen LogP contribution >= 0.6 is 11.8 Å². The minimum absolute atomic E-state index is 0.0446. The smallest absolute Gasteiger partial charge is 0.325 e. The van der Waals surface area contributed by atoms with E-state index in [4.69, 9.17) is 0 Å². The molecule has 5 nitrogen and oxygen atoms in total. The second-order valence-electron chi connectivity index (χ2n) is 5.81. The van der Waals surface area contributed by atoms with Crippen LogP contribution in [0.15, 0.2) is 59.5 Å². The molecule has 0 radical (unpaired) electrons. The lowest BCUT2D eigenvalue weighted by atomic mass is 10.1. The summed E-state index contributed by atoms with van der Waals surface area (Å²) >= 11 is 0.576. The van der Waals surface area contributed by atoms with Gasteiger partial charge in [-0.15, -0.1) is 0 Å². The van der Waals surface area contributed by atoms with Gasteiger partial charge >= 0.3 is 6.18 Å². The molecule has 1 fully saturated rings. The average molecular weight is 406 g/mol. The SMILES string of the molecule is O=C(CN1C(=O)S/C(=C\c2cccc(C(F)(F)F)c2)C1=O)Nc1ccccc1. The molecule has 1 aliphatic heterocycles. The van der Waals surface area contributed by atoms with E-state index in [0.717, 1.165) is 17.0 Å². The Balaban J connectivity index is 1.73. The summed E-state index contributed by atoms with van der Waals surface area (Å²) in [6, 6.07) is 12.9. The molecule has 1 heterocycles. The maximum atomic E-state index is 12.8. The molecule has 1 aliphatic rings. The summed E-state index contributed by atoms with van der Waals surface area (Å²) in [6.07, 6.45) is -3.31. The fraction of sp³-hybridized carbons (Fsp3) is 0.105. The van der Waals surface area contributed by atoms with Gasteiger partial charge in [-0.25, -0.2) is 0 Å². The molecule has 1 saturated heterocycles. The molecule has 3 rings (SSSR count). The lowest BCUT2D eigenvalue weighted by Crippen LogP contribution is -2.36. The van der Waals surface area contributed by atoms with Crippen LogP contribution in [0.3, 0.4) is 0 Å². The van der Waals surface area contributed by atoms with Crippen molar-refractivity contribution in [1.82, 2.24) is 4.90 Å². The van der Waals surface area contributed by atoms with Crippen LogP contribution in [0.5, 0.6) is 0 Å². The van der Waals surface area contributed by atoms with Crippen molar-refractivity contribution in [2.45, 2.75) is 6.18 Å². The van der Waals surface area contributed by atoms with Gasteiger partial charge in [-0.2, -0.15) is 13.2 Å². The summed E-state index contributed by atoms with van der Waals surface area (Å²) in [5.41, 5.74) is -0.212. The molecule has 0 atom stereocenters. The minimum atomic E-state index is -4.52. The fourth-order valence-electron chi connectivity index (χ4n) is 2.46. The Bertz CT molecular complexity index is 958. The molecular weight excluding hydrogens is 393 g/mol. The number of amides is 3. The summed E-state index contributed by atoms with van der Waals surface area (Å²) < 4.78 is 38.4. The van der Waals surface area contributed by atoms with E-state index in [9.17, 15) is 27.6 Å². The summed E-state index contributed by atoms with van der Waals surface area (Å²) in [7, 11) is 0. The number of rotatable bonds is 4. The van der Waals surface area contributed by atoms with E-state index in [1.807, 2.05) is 0 Å². The van der Waals surface area contributed by atoms with Crippen LogP contribution < -0.4 is 5.32 Å². The lowest BCUT2D eigenvalue weighted by Gasteiger charge is -2.12. The first-order valence-electron chi connectivity index (χ1n) is 8.01. The highest BCUT2D eigenvalue weighted by Gasteiger charge is 2.36. The molecule has 2 aromatic rings. The number of benzene rings is 2. The molecule has 1 N–H and O–H groups in total. The number of nitrogens with one attached hydrogen (secondary N) is 1. The molecule has 28 heavy (non-hydrogen) atoms. The first kappa shape index (κ1) is 19.7. The monoisotopic (exact) mass is 406 g/mol. The average Bonchev–Trinajstić information content (AvgIpc) is 2.89. The van der Waals surface area contributed by atoms with Crippen molar-refractivity contribution >= 4 is 40.6 Å². The van der Waals surface area contributed by atoms with Crippen molar-refractivity contribution in [3.63, 3.8) is 0 Å². The number of para-hydroxylation sites is 1. The van der Waals surface area contributed by atoms with Gasteiger partial charge in [0, 0.05) is 5.69 Å². The molecule has 2 aromatic carbocycles. The number of imide groups is 1. The van der Waals surface area contributed by atoms with Crippen molar-refractivity contribution in [2.24, 2.45) is 0 Å². The molecule has 3 amide bonds. The van der Waals surface area contributed by atoms with Gasteiger partial charge in [0.15, 0.2) is 0 Å². The van der Waals surface area contributed by atoms with E-state index < -0.39 is 35.3 Å². The Morgan fingerprint density at radius 1 is 1.07 bits per heavy atom. The van der Waals surface area contributed by atoms with Crippen LogP contribution in [0, 0.1) is 0 Å². The number of anilines is 1. The van der Waals surface area contributed by atoms with Gasteiger partial charge in [0.25, 0.3) is 11.1 Å². The topological polar surface area (TPSA) is 66.5 Å². The van der Waals surface area contributed by atoms with Gasteiger partial charge < -0.3 is 5.32 Å². The van der Waals surface area contributed by atoms with Gasteiger partial charge in [0.2, 0.25) is 5.91 Å². The van der Waals surface area contributed by atoms with Crippen molar-refractivity contribution in [3.8, 4) is 0 Å². The van der Waals surface area contributed by atoms with Crippen LogP contribution in [0.25, 0.3) is 6.08 Å². The summed E-state index contributed by atoms with van der Waals surface area (Å²) in [5.74, 6) is -1.29. The molecule has 0 spiro atoms. The number of hydrogen-bond donors (Lipinski definition) is 1. The van der Waals surface area contributed by atoms with Gasteiger partial charge in [-0.1, -0.05) is 30.3 Å². The number of hydrogen-bond acceptors (Lipinski definition) is 4. The third-order valence-corrected chi connectivity index (χ3v) is 4.65. The van der Waals surface area contributed by atoms with E-state index in [-0.39, 0.29) is 10.5 Å². The third kappa shape index (κ3) is 4.61. The van der Waals surface area contributed by atoms with E-state index in [1.54, 1.807) is 30.3 Å². The van der Waals surface area contributed by atoms with Crippen molar-refractivity contribution in [1.29, 1.82) is 0 Å². The predicted molar refractivity (Wildman–Crippen MR) is 99.2 cm³/mol. The number of halogens is 3. The number of carbonyl (C=O) groups excluding carboxylic acids is 3. The predicted octanol–water partition coefficient (Wildman–Crippen LogP) is 4.38. The van der Waals surface area contributed by atoms with Gasteiger partial charge in [-0.3, -0.25) is 19.3 Å². The summed E-state index contributed by atoms with van der Waals surface area (Å²) in [4.78, 5) is 37.2. The Morgan fingerprint density at radius 2 is 1.79 bits per heavy atom. The van der Waals surface area contributed by atoms with Gasteiger partial charge in [-0.05, 0) is 47.7 Å². The molecule has 9 heteroatoms. The second kappa shape index (κ2) is 7.89. The standard InChI is InChI=1S/C19H13F3N2O3S/c20-19(21,22)13-6-4-5-12(9-13)10-15-17(26)24(18(27)28-15)11-16(25)23-14-7-2-1-3-8-14/h1-10H,11H2,(H,23,25)/b15-10-. The zero-order chi connectivity index (χ0) is 20.3. The second-order valence-corrected chi connectivity index (χ2v) is 6.80. The fourth-order valence-corrected chi connectivity index (χ4v) is 3.30. The maximum absolute atomic E-state index is 12.8. The molecule has 0 unspecified atom stereocenters. The molecule has 0 aromatic heterocycles. The number of nitrogens with zero attached hydrogens (tertiary/aromatic N) is 1. The van der Waals surface area contributed by atoms with Crippen LogP contribution in [0.1, 0.15) is 11.1 Å². The zero-order valence-electron chi connectivity index (χ0n) is 14.2. The summed E-state index contributed by atoms with van der Waals surface area (Å²) in [5, 5.41) is 1.90. The van der Waals surface area contributed by atoms with E-state index in [0.29, 0.717) is 17.4 Å². The first-order chi connectivity index (χ1) is 13.2. The largest absolute Gasteiger partial charge is 0.416 e. The quantitative estimate of drug-likeness (QED) is 0.766. The highest BCUT2D eigenvalue weighted by molar-refractivity contribution is 8.18.